The normalized spacial score (nSPS) is 26.9. The second kappa shape index (κ2) is 7.36. The monoisotopic (exact) mass is 356 g/mol. The Morgan fingerprint density at radius 3 is 2.64 bits per heavy atom. The first-order valence-corrected chi connectivity index (χ1v) is 9.58. The van der Waals surface area contributed by atoms with Crippen LogP contribution in [0.15, 0.2) is 48.5 Å². The highest BCUT2D eigenvalue weighted by molar-refractivity contribution is 6.30. The van der Waals surface area contributed by atoms with Crippen molar-refractivity contribution >= 4 is 11.6 Å². The van der Waals surface area contributed by atoms with Crippen LogP contribution in [0.3, 0.4) is 0 Å². The largest absolute Gasteiger partial charge is 0.484 e. The van der Waals surface area contributed by atoms with Crippen LogP contribution in [-0.4, -0.2) is 30.1 Å². The number of hydrogen-bond donors (Lipinski definition) is 1. The van der Waals surface area contributed by atoms with E-state index in [1.807, 2.05) is 24.3 Å². The molecule has 2 N–H and O–H groups in total. The summed E-state index contributed by atoms with van der Waals surface area (Å²) in [4.78, 5) is 2.55. The molecule has 2 aliphatic rings. The fourth-order valence-electron chi connectivity index (χ4n) is 4.22. The third-order valence-electron chi connectivity index (χ3n) is 5.46. The minimum atomic E-state index is 0.0384. The van der Waals surface area contributed by atoms with Gasteiger partial charge in [0.2, 0.25) is 0 Å². The average Bonchev–Trinajstić information content (AvgIpc) is 2.64. The van der Waals surface area contributed by atoms with Gasteiger partial charge in [-0.15, -0.1) is 0 Å². The van der Waals surface area contributed by atoms with E-state index >= 15 is 0 Å². The molecule has 1 heterocycles. The lowest BCUT2D eigenvalue weighted by Gasteiger charge is -2.43. The molecule has 4 rings (SSSR count). The SMILES string of the molecule is N[C@H]1CCCN([C@H]2CCc3ccccc3[C@@H]2Oc2ccc(Cl)cc2)C1. The maximum atomic E-state index is 6.50. The Bertz CT molecular complexity index is 718. The first kappa shape index (κ1) is 16.9. The molecule has 1 aliphatic heterocycles. The van der Waals surface area contributed by atoms with E-state index in [2.05, 4.69) is 29.2 Å². The predicted octanol–water partition coefficient (Wildman–Crippen LogP) is 4.20. The smallest absolute Gasteiger partial charge is 0.139 e. The van der Waals surface area contributed by atoms with Gasteiger partial charge in [0, 0.05) is 17.6 Å². The summed E-state index contributed by atoms with van der Waals surface area (Å²) >= 11 is 6.02. The quantitative estimate of drug-likeness (QED) is 0.895. The molecule has 2 aromatic rings. The van der Waals surface area contributed by atoms with Gasteiger partial charge in [0.05, 0.1) is 6.04 Å². The Morgan fingerprint density at radius 1 is 1.04 bits per heavy atom. The van der Waals surface area contributed by atoms with Gasteiger partial charge in [0.25, 0.3) is 0 Å². The highest BCUT2D eigenvalue weighted by atomic mass is 35.5. The van der Waals surface area contributed by atoms with Gasteiger partial charge in [-0.2, -0.15) is 0 Å². The number of nitrogens with zero attached hydrogens (tertiary/aromatic N) is 1. The van der Waals surface area contributed by atoms with Crippen LogP contribution in [0.1, 0.15) is 36.5 Å². The zero-order chi connectivity index (χ0) is 17.2. The van der Waals surface area contributed by atoms with Crippen LogP contribution in [0.5, 0.6) is 5.75 Å². The van der Waals surface area contributed by atoms with E-state index < -0.39 is 0 Å². The first-order valence-electron chi connectivity index (χ1n) is 9.20. The van der Waals surface area contributed by atoms with Crippen molar-refractivity contribution in [1.29, 1.82) is 0 Å². The number of nitrogens with two attached hydrogens (primary N) is 1. The van der Waals surface area contributed by atoms with Gasteiger partial charge >= 0.3 is 0 Å². The summed E-state index contributed by atoms with van der Waals surface area (Å²) in [6.45, 7) is 2.08. The lowest BCUT2D eigenvalue weighted by Crippen LogP contribution is -2.51. The molecule has 1 fully saturated rings. The topological polar surface area (TPSA) is 38.5 Å². The van der Waals surface area contributed by atoms with Gasteiger partial charge in [-0.25, -0.2) is 0 Å². The van der Waals surface area contributed by atoms with E-state index in [0.29, 0.717) is 6.04 Å². The number of hydrogen-bond acceptors (Lipinski definition) is 3. The molecule has 0 spiro atoms. The van der Waals surface area contributed by atoms with Crippen LogP contribution in [0.4, 0.5) is 0 Å². The van der Waals surface area contributed by atoms with Gasteiger partial charge in [-0.1, -0.05) is 35.9 Å². The molecule has 3 atom stereocenters. The van der Waals surface area contributed by atoms with Gasteiger partial charge in [0.15, 0.2) is 0 Å². The molecule has 0 amide bonds. The fraction of sp³-hybridized carbons (Fsp3) is 0.429. The van der Waals surface area contributed by atoms with Crippen molar-refractivity contribution < 1.29 is 4.74 Å². The van der Waals surface area contributed by atoms with E-state index in [0.717, 1.165) is 43.1 Å². The highest BCUT2D eigenvalue weighted by Gasteiger charge is 2.36. The Kier molecular flexibility index (Phi) is 4.98. The minimum Gasteiger partial charge on any atom is -0.484 e. The Hall–Kier alpha value is -1.55. The molecule has 1 aliphatic carbocycles. The zero-order valence-electron chi connectivity index (χ0n) is 14.4. The summed E-state index contributed by atoms with van der Waals surface area (Å²) in [5, 5.41) is 0.731. The van der Waals surface area contributed by atoms with Crippen molar-refractivity contribution in [2.24, 2.45) is 5.73 Å². The van der Waals surface area contributed by atoms with Crippen LogP contribution in [0.2, 0.25) is 5.02 Å². The third kappa shape index (κ3) is 3.69. The maximum Gasteiger partial charge on any atom is 0.139 e. The van der Waals surface area contributed by atoms with Crippen molar-refractivity contribution in [3.05, 3.63) is 64.7 Å². The molecule has 132 valence electrons. The van der Waals surface area contributed by atoms with Crippen molar-refractivity contribution in [1.82, 2.24) is 4.90 Å². The number of likely N-dealkylation sites (tertiary alicyclic amines) is 1. The predicted molar refractivity (Wildman–Crippen MR) is 102 cm³/mol. The van der Waals surface area contributed by atoms with Crippen molar-refractivity contribution in [2.45, 2.75) is 43.9 Å². The second-order valence-corrected chi connectivity index (χ2v) is 7.63. The van der Waals surface area contributed by atoms with Crippen LogP contribution in [0.25, 0.3) is 0 Å². The van der Waals surface area contributed by atoms with Crippen molar-refractivity contribution in [3.8, 4) is 5.75 Å². The van der Waals surface area contributed by atoms with Crippen LogP contribution in [0, 0.1) is 0 Å². The van der Waals surface area contributed by atoms with E-state index in [1.54, 1.807) is 0 Å². The Morgan fingerprint density at radius 2 is 1.84 bits per heavy atom. The van der Waals surface area contributed by atoms with E-state index in [9.17, 15) is 0 Å². The first-order chi connectivity index (χ1) is 12.2. The van der Waals surface area contributed by atoms with Gasteiger partial charge in [0.1, 0.15) is 11.9 Å². The average molecular weight is 357 g/mol. The molecule has 2 aromatic carbocycles. The molecule has 0 aromatic heterocycles. The number of fused-ring (bicyclic) bond motifs is 1. The summed E-state index contributed by atoms with van der Waals surface area (Å²) in [5.74, 6) is 0.873. The molecule has 4 heteroatoms. The minimum absolute atomic E-state index is 0.0384. The molecule has 1 saturated heterocycles. The van der Waals surface area contributed by atoms with Crippen molar-refractivity contribution in [2.75, 3.05) is 13.1 Å². The number of piperidine rings is 1. The molecule has 3 nitrogen and oxygen atoms in total. The Labute approximate surface area is 154 Å². The zero-order valence-corrected chi connectivity index (χ0v) is 15.2. The number of halogens is 1. The summed E-state index contributed by atoms with van der Waals surface area (Å²) in [5.41, 5.74) is 8.96. The van der Waals surface area contributed by atoms with E-state index in [4.69, 9.17) is 22.1 Å². The van der Waals surface area contributed by atoms with Gasteiger partial charge < -0.3 is 10.5 Å². The molecular formula is C21H25ClN2O. The highest BCUT2D eigenvalue weighted by Crippen LogP contribution is 2.37. The third-order valence-corrected chi connectivity index (χ3v) is 5.71. The van der Waals surface area contributed by atoms with Crippen LogP contribution >= 0.6 is 11.6 Å². The fourth-order valence-corrected chi connectivity index (χ4v) is 4.34. The number of rotatable bonds is 3. The molecule has 0 unspecified atom stereocenters. The molecule has 0 saturated carbocycles. The number of ether oxygens (including phenoxy) is 1. The summed E-state index contributed by atoms with van der Waals surface area (Å²) in [6.07, 6.45) is 4.56. The lowest BCUT2D eigenvalue weighted by atomic mass is 9.84. The van der Waals surface area contributed by atoms with E-state index in [-0.39, 0.29) is 12.1 Å². The number of benzene rings is 2. The summed E-state index contributed by atoms with van der Waals surface area (Å²) < 4.78 is 6.50. The second-order valence-electron chi connectivity index (χ2n) is 7.19. The molecule has 0 bridgehead atoms. The number of aryl methyl sites for hydroxylation is 1. The van der Waals surface area contributed by atoms with Gasteiger partial charge in [-0.05, 0) is 67.6 Å². The van der Waals surface area contributed by atoms with Crippen LogP contribution < -0.4 is 10.5 Å². The van der Waals surface area contributed by atoms with E-state index in [1.165, 1.54) is 17.5 Å². The molecular weight excluding hydrogens is 332 g/mol. The summed E-state index contributed by atoms with van der Waals surface area (Å²) in [7, 11) is 0. The Balaban J connectivity index is 1.64. The van der Waals surface area contributed by atoms with Crippen LogP contribution in [-0.2, 0) is 6.42 Å². The van der Waals surface area contributed by atoms with Gasteiger partial charge in [-0.3, -0.25) is 4.90 Å². The standard InChI is InChI=1S/C21H25ClN2O/c22-16-8-10-18(11-9-16)25-21-19-6-2-1-4-15(19)7-12-20(21)24-13-3-5-17(23)14-24/h1-2,4,6,8-11,17,20-21H,3,5,7,12-14,23H2/t17-,20-,21-/m0/s1. The molecule has 0 radical (unpaired) electrons. The maximum absolute atomic E-state index is 6.50. The molecule has 25 heavy (non-hydrogen) atoms. The van der Waals surface area contributed by atoms with Crippen molar-refractivity contribution in [3.63, 3.8) is 0 Å². The summed E-state index contributed by atoms with van der Waals surface area (Å²) in [6, 6.07) is 17.0. The lowest BCUT2D eigenvalue weighted by molar-refractivity contribution is 0.0367.